The van der Waals surface area contributed by atoms with Crippen LogP contribution in [0.2, 0.25) is 0 Å². The molecule has 2 amide bonds. The summed E-state index contributed by atoms with van der Waals surface area (Å²) in [6.07, 6.45) is 3.17. The van der Waals surface area contributed by atoms with E-state index in [9.17, 15) is 18.0 Å². The first-order chi connectivity index (χ1) is 16.2. The van der Waals surface area contributed by atoms with Gasteiger partial charge in [0.2, 0.25) is 15.9 Å². The lowest BCUT2D eigenvalue weighted by Crippen LogP contribution is -2.54. The molecule has 1 heterocycles. The Balaban J connectivity index is 1.40. The van der Waals surface area contributed by atoms with E-state index in [1.54, 1.807) is 12.1 Å². The minimum Gasteiger partial charge on any atom is -0.350 e. The number of nitrogens with zero attached hydrogens (tertiary/aromatic N) is 1. The molecule has 1 aliphatic heterocycles. The molecular weight excluding hydrogens is 450 g/mol. The van der Waals surface area contributed by atoms with Crippen molar-refractivity contribution in [2.75, 3.05) is 0 Å². The van der Waals surface area contributed by atoms with Crippen LogP contribution in [-0.2, 0) is 14.8 Å². The fourth-order valence-electron chi connectivity index (χ4n) is 4.99. The van der Waals surface area contributed by atoms with Crippen LogP contribution in [0.25, 0.3) is 0 Å². The van der Waals surface area contributed by atoms with E-state index in [0.717, 1.165) is 6.42 Å². The van der Waals surface area contributed by atoms with Crippen LogP contribution in [0.15, 0.2) is 72.1 Å². The molecule has 0 spiro atoms. The minimum atomic E-state index is -3.75. The number of hydrogen-bond acceptors (Lipinski definition) is 4. The standard InChI is InChI=1S/C26H31N3O4S/c1-4-25(30)27-21-14-17(2)29(18(3)15-21)34(32,33)22-12-10-20(11-13-22)26(31)28-24-16-23(24)19-8-6-5-7-9-19/h4-13,17-18,21,23-24H,1,14-16H2,2-3H3,(H,27,30)(H,28,31)/t17?,18?,21?,23?,24-/m1/s1. The molecule has 8 heteroatoms. The Morgan fingerprint density at radius 2 is 1.56 bits per heavy atom. The number of hydrogen-bond donors (Lipinski definition) is 2. The number of carbonyl (C=O) groups excluding carboxylic acids is 2. The SMILES string of the molecule is C=CC(=O)NC1CC(C)N(S(=O)(=O)c2ccc(C(=O)N[C@@H]3CC3c3ccccc3)cc2)C(C)C1. The van der Waals surface area contributed by atoms with Crippen LogP contribution in [0.4, 0.5) is 0 Å². The number of sulfonamides is 1. The highest BCUT2D eigenvalue weighted by molar-refractivity contribution is 7.89. The van der Waals surface area contributed by atoms with Gasteiger partial charge in [0.25, 0.3) is 5.91 Å². The molecule has 0 aromatic heterocycles. The van der Waals surface area contributed by atoms with Crippen molar-refractivity contribution in [2.24, 2.45) is 0 Å². The summed E-state index contributed by atoms with van der Waals surface area (Å²) in [6, 6.07) is 15.6. The second-order valence-corrected chi connectivity index (χ2v) is 11.1. The third kappa shape index (κ3) is 5.08. The molecule has 2 aromatic carbocycles. The Bertz CT molecular complexity index is 1150. The number of nitrogens with one attached hydrogen (secondary N) is 2. The monoisotopic (exact) mass is 481 g/mol. The molecule has 2 aliphatic rings. The number of benzene rings is 2. The molecule has 34 heavy (non-hydrogen) atoms. The predicted octanol–water partition coefficient (Wildman–Crippen LogP) is 3.20. The fourth-order valence-corrected chi connectivity index (χ4v) is 6.83. The van der Waals surface area contributed by atoms with Gasteiger partial charge in [0.15, 0.2) is 0 Å². The Hall–Kier alpha value is -2.97. The van der Waals surface area contributed by atoms with Gasteiger partial charge >= 0.3 is 0 Å². The van der Waals surface area contributed by atoms with Crippen LogP contribution in [0.3, 0.4) is 0 Å². The second-order valence-electron chi connectivity index (χ2n) is 9.27. The zero-order valence-electron chi connectivity index (χ0n) is 19.5. The van der Waals surface area contributed by atoms with Crippen molar-refractivity contribution in [1.82, 2.24) is 14.9 Å². The molecule has 2 aromatic rings. The number of rotatable bonds is 7. The maximum Gasteiger partial charge on any atom is 0.251 e. The summed E-state index contributed by atoms with van der Waals surface area (Å²) < 4.78 is 28.3. The van der Waals surface area contributed by atoms with Crippen LogP contribution in [0.5, 0.6) is 0 Å². The molecule has 3 unspecified atom stereocenters. The van der Waals surface area contributed by atoms with Crippen molar-refractivity contribution < 1.29 is 18.0 Å². The quantitative estimate of drug-likeness (QED) is 0.594. The molecule has 1 saturated heterocycles. The highest BCUT2D eigenvalue weighted by Crippen LogP contribution is 2.40. The zero-order valence-corrected chi connectivity index (χ0v) is 20.3. The van der Waals surface area contributed by atoms with E-state index in [1.165, 1.54) is 28.1 Å². The first-order valence-electron chi connectivity index (χ1n) is 11.6. The van der Waals surface area contributed by atoms with Gasteiger partial charge in [-0.15, -0.1) is 0 Å². The summed E-state index contributed by atoms with van der Waals surface area (Å²) in [5, 5.41) is 5.91. The van der Waals surface area contributed by atoms with Gasteiger partial charge in [-0.05, 0) is 69.0 Å². The Morgan fingerprint density at radius 1 is 0.941 bits per heavy atom. The molecule has 2 N–H and O–H groups in total. The summed E-state index contributed by atoms with van der Waals surface area (Å²) in [5.41, 5.74) is 1.65. The number of amides is 2. The maximum atomic E-state index is 13.4. The largest absolute Gasteiger partial charge is 0.350 e. The van der Waals surface area contributed by atoms with E-state index < -0.39 is 10.0 Å². The van der Waals surface area contributed by atoms with Crippen molar-refractivity contribution in [1.29, 1.82) is 0 Å². The van der Waals surface area contributed by atoms with Crippen molar-refractivity contribution in [3.63, 3.8) is 0 Å². The van der Waals surface area contributed by atoms with Gasteiger partial charge in [-0.2, -0.15) is 4.31 Å². The summed E-state index contributed by atoms with van der Waals surface area (Å²) in [4.78, 5) is 24.5. The normalized spacial score (nSPS) is 26.9. The highest BCUT2D eigenvalue weighted by atomic mass is 32.2. The van der Waals surface area contributed by atoms with Crippen LogP contribution in [0.1, 0.15) is 54.9 Å². The average molecular weight is 482 g/mol. The van der Waals surface area contributed by atoms with Gasteiger partial charge in [-0.25, -0.2) is 8.42 Å². The summed E-state index contributed by atoms with van der Waals surface area (Å²) >= 11 is 0. The van der Waals surface area contributed by atoms with E-state index in [-0.39, 0.29) is 40.9 Å². The Kier molecular flexibility index (Phi) is 6.91. The summed E-state index contributed by atoms with van der Waals surface area (Å²) in [6.45, 7) is 7.16. The van der Waals surface area contributed by atoms with E-state index in [0.29, 0.717) is 24.3 Å². The van der Waals surface area contributed by atoms with Crippen molar-refractivity contribution in [3.8, 4) is 0 Å². The smallest absolute Gasteiger partial charge is 0.251 e. The third-order valence-electron chi connectivity index (χ3n) is 6.68. The summed E-state index contributed by atoms with van der Waals surface area (Å²) in [5.74, 6) is -0.129. The average Bonchev–Trinajstić information content (AvgIpc) is 3.58. The lowest BCUT2D eigenvalue weighted by molar-refractivity contribution is -0.117. The van der Waals surface area contributed by atoms with Gasteiger partial charge in [0.05, 0.1) is 4.90 Å². The molecule has 7 nitrogen and oxygen atoms in total. The highest BCUT2D eigenvalue weighted by Gasteiger charge is 2.40. The molecule has 1 saturated carbocycles. The topological polar surface area (TPSA) is 95.6 Å². The van der Waals surface area contributed by atoms with E-state index in [1.807, 2.05) is 32.0 Å². The lowest BCUT2D eigenvalue weighted by Gasteiger charge is -2.41. The number of piperidine rings is 1. The minimum absolute atomic E-state index is 0.0999. The van der Waals surface area contributed by atoms with Crippen LogP contribution < -0.4 is 10.6 Å². The lowest BCUT2D eigenvalue weighted by atomic mass is 9.95. The zero-order chi connectivity index (χ0) is 24.5. The van der Waals surface area contributed by atoms with E-state index in [4.69, 9.17) is 0 Å². The molecule has 0 bridgehead atoms. The Labute approximate surface area is 201 Å². The van der Waals surface area contributed by atoms with Crippen molar-refractivity contribution in [3.05, 3.63) is 78.4 Å². The summed E-state index contributed by atoms with van der Waals surface area (Å²) in [7, 11) is -3.75. The first-order valence-corrected chi connectivity index (χ1v) is 13.1. The number of carbonyl (C=O) groups is 2. The van der Waals surface area contributed by atoms with E-state index in [2.05, 4.69) is 29.3 Å². The third-order valence-corrected chi connectivity index (χ3v) is 8.82. The molecule has 180 valence electrons. The van der Waals surface area contributed by atoms with Crippen molar-refractivity contribution in [2.45, 2.75) is 68.1 Å². The first kappa shape index (κ1) is 24.2. The van der Waals surface area contributed by atoms with Gasteiger partial charge < -0.3 is 10.6 Å². The molecule has 4 atom stereocenters. The van der Waals surface area contributed by atoms with Gasteiger partial charge in [-0.1, -0.05) is 36.9 Å². The van der Waals surface area contributed by atoms with Crippen LogP contribution in [0, 0.1) is 0 Å². The predicted molar refractivity (Wildman–Crippen MR) is 131 cm³/mol. The van der Waals surface area contributed by atoms with Crippen molar-refractivity contribution >= 4 is 21.8 Å². The maximum absolute atomic E-state index is 13.4. The Morgan fingerprint density at radius 3 is 2.15 bits per heavy atom. The molecule has 1 aliphatic carbocycles. The van der Waals surface area contributed by atoms with E-state index >= 15 is 0 Å². The molecular formula is C26H31N3O4S. The second kappa shape index (κ2) is 9.72. The van der Waals surface area contributed by atoms with Crippen LogP contribution in [-0.4, -0.2) is 48.7 Å². The molecule has 0 radical (unpaired) electrons. The van der Waals surface area contributed by atoms with Gasteiger partial charge in [0, 0.05) is 35.6 Å². The van der Waals surface area contributed by atoms with Gasteiger partial charge in [0.1, 0.15) is 0 Å². The van der Waals surface area contributed by atoms with Crippen LogP contribution >= 0.6 is 0 Å². The van der Waals surface area contributed by atoms with Gasteiger partial charge in [-0.3, -0.25) is 9.59 Å². The molecule has 4 rings (SSSR count). The molecule has 2 fully saturated rings. The fraction of sp³-hybridized carbons (Fsp3) is 0.385.